The van der Waals surface area contributed by atoms with Crippen molar-refractivity contribution in [1.82, 2.24) is 16.0 Å². The van der Waals surface area contributed by atoms with E-state index in [0.717, 1.165) is 0 Å². The van der Waals surface area contributed by atoms with Gasteiger partial charge < -0.3 is 38.3 Å². The molecule has 0 aromatic rings. The van der Waals surface area contributed by atoms with Gasteiger partial charge in [0, 0.05) is 5.75 Å². The fraction of sp³-hybridized carbons (Fsp3) is 0.667. The van der Waals surface area contributed by atoms with Crippen LogP contribution in [0.5, 0.6) is 0 Å². The average molecular weight is 420 g/mol. The van der Waals surface area contributed by atoms with Crippen molar-refractivity contribution in [3.8, 4) is 0 Å². The van der Waals surface area contributed by atoms with Crippen molar-refractivity contribution in [3.05, 3.63) is 0 Å². The monoisotopic (exact) mass is 420 g/mol. The SMILES string of the molecule is NCCCCC(NC(=O)C(CC(N)=O)NC(=O)C(N)CS)C(=O)NCC(=O)O. The summed E-state index contributed by atoms with van der Waals surface area (Å²) in [5.41, 5.74) is 16.0. The topological polar surface area (TPSA) is 220 Å². The first-order chi connectivity index (χ1) is 13.1. The Labute approximate surface area is 167 Å². The van der Waals surface area contributed by atoms with E-state index in [1.165, 1.54) is 0 Å². The highest BCUT2D eigenvalue weighted by Gasteiger charge is 2.29. The van der Waals surface area contributed by atoms with Crippen LogP contribution in [0.25, 0.3) is 0 Å². The minimum Gasteiger partial charge on any atom is -0.480 e. The lowest BCUT2D eigenvalue weighted by molar-refractivity contribution is -0.138. The number of aliphatic carboxylic acids is 1. The van der Waals surface area contributed by atoms with E-state index in [0.29, 0.717) is 19.4 Å². The van der Waals surface area contributed by atoms with Crippen molar-refractivity contribution in [1.29, 1.82) is 0 Å². The first kappa shape index (κ1) is 25.6. The Balaban J connectivity index is 5.18. The fourth-order valence-electron chi connectivity index (χ4n) is 2.09. The van der Waals surface area contributed by atoms with Gasteiger partial charge in [-0.25, -0.2) is 0 Å². The summed E-state index contributed by atoms with van der Waals surface area (Å²) in [4.78, 5) is 58.4. The second kappa shape index (κ2) is 13.7. The molecule has 0 bridgehead atoms. The summed E-state index contributed by atoms with van der Waals surface area (Å²) in [6, 6.07) is -3.44. The molecule has 0 aliphatic rings. The molecule has 0 aliphatic heterocycles. The van der Waals surface area contributed by atoms with Gasteiger partial charge >= 0.3 is 5.97 Å². The molecule has 13 heteroatoms. The van der Waals surface area contributed by atoms with Gasteiger partial charge in [0.25, 0.3) is 0 Å². The van der Waals surface area contributed by atoms with E-state index in [-0.39, 0.29) is 12.2 Å². The zero-order chi connectivity index (χ0) is 21.7. The average Bonchev–Trinajstić information content (AvgIpc) is 2.63. The molecule has 0 radical (unpaired) electrons. The summed E-state index contributed by atoms with van der Waals surface area (Å²) in [5.74, 6) is -4.36. The number of carboxylic acid groups (broad SMARTS) is 1. The second-order valence-electron chi connectivity index (χ2n) is 5.98. The van der Waals surface area contributed by atoms with Gasteiger partial charge in [-0.3, -0.25) is 24.0 Å². The summed E-state index contributed by atoms with van der Waals surface area (Å²) in [6.45, 7) is -0.250. The van der Waals surface area contributed by atoms with Crippen LogP contribution in [-0.2, 0) is 24.0 Å². The van der Waals surface area contributed by atoms with Crippen molar-refractivity contribution in [2.24, 2.45) is 17.2 Å². The lowest BCUT2D eigenvalue weighted by atomic mass is 10.1. The van der Waals surface area contributed by atoms with E-state index in [1.54, 1.807) is 0 Å². The number of amides is 4. The number of rotatable bonds is 14. The van der Waals surface area contributed by atoms with Crippen LogP contribution in [0.1, 0.15) is 25.7 Å². The molecule has 4 amide bonds. The second-order valence-corrected chi connectivity index (χ2v) is 6.34. The highest BCUT2D eigenvalue weighted by Crippen LogP contribution is 2.03. The van der Waals surface area contributed by atoms with Gasteiger partial charge in [0.1, 0.15) is 18.6 Å². The molecule has 0 rings (SSSR count). The number of nitrogens with one attached hydrogen (secondary N) is 3. The zero-order valence-corrected chi connectivity index (χ0v) is 16.2. The highest BCUT2D eigenvalue weighted by atomic mass is 32.1. The van der Waals surface area contributed by atoms with Crippen molar-refractivity contribution in [2.45, 2.75) is 43.8 Å². The Hall–Kier alpha value is -2.38. The Morgan fingerprint density at radius 2 is 1.57 bits per heavy atom. The molecule has 160 valence electrons. The first-order valence-corrected chi connectivity index (χ1v) is 9.20. The smallest absolute Gasteiger partial charge is 0.322 e. The van der Waals surface area contributed by atoms with Crippen LogP contribution in [0, 0.1) is 0 Å². The minimum atomic E-state index is -1.35. The van der Waals surface area contributed by atoms with Crippen molar-refractivity contribution < 1.29 is 29.1 Å². The first-order valence-electron chi connectivity index (χ1n) is 8.57. The summed E-state index contributed by atoms with van der Waals surface area (Å²) in [5, 5.41) is 15.5. The molecule has 3 atom stereocenters. The summed E-state index contributed by atoms with van der Waals surface area (Å²) in [6.07, 6.45) is 0.737. The van der Waals surface area contributed by atoms with Gasteiger partial charge in [0.05, 0.1) is 12.5 Å². The lowest BCUT2D eigenvalue weighted by Crippen LogP contribution is -2.57. The van der Waals surface area contributed by atoms with Crippen molar-refractivity contribution in [3.63, 3.8) is 0 Å². The molecule has 0 heterocycles. The molecule has 10 N–H and O–H groups in total. The van der Waals surface area contributed by atoms with Crippen LogP contribution in [-0.4, -0.2) is 71.7 Å². The van der Waals surface area contributed by atoms with Gasteiger partial charge in [-0.15, -0.1) is 0 Å². The Morgan fingerprint density at radius 3 is 2.07 bits per heavy atom. The molecular weight excluding hydrogens is 392 g/mol. The number of carbonyl (C=O) groups is 5. The number of nitrogens with two attached hydrogens (primary N) is 3. The third kappa shape index (κ3) is 10.7. The van der Waals surface area contributed by atoms with Crippen LogP contribution in [0.4, 0.5) is 0 Å². The maximum Gasteiger partial charge on any atom is 0.322 e. The molecule has 12 nitrogen and oxygen atoms in total. The molecule has 0 saturated carbocycles. The van der Waals surface area contributed by atoms with E-state index in [2.05, 4.69) is 28.6 Å². The third-order valence-corrected chi connectivity index (χ3v) is 3.96. The third-order valence-electron chi connectivity index (χ3n) is 3.57. The molecular formula is C15H28N6O6S. The van der Waals surface area contributed by atoms with Gasteiger partial charge in [-0.05, 0) is 25.8 Å². The Kier molecular flexibility index (Phi) is 12.6. The van der Waals surface area contributed by atoms with Crippen LogP contribution in [0.2, 0.25) is 0 Å². The molecule has 0 spiro atoms. The molecule has 28 heavy (non-hydrogen) atoms. The van der Waals surface area contributed by atoms with Crippen LogP contribution < -0.4 is 33.2 Å². The van der Waals surface area contributed by atoms with Crippen molar-refractivity contribution >= 4 is 42.2 Å². The predicted octanol–water partition coefficient (Wildman–Crippen LogP) is -3.58. The molecule has 0 aliphatic carbocycles. The molecule has 0 aromatic carbocycles. The van der Waals surface area contributed by atoms with Crippen LogP contribution >= 0.6 is 12.6 Å². The largest absolute Gasteiger partial charge is 0.480 e. The van der Waals surface area contributed by atoms with Gasteiger partial charge in [0.15, 0.2) is 0 Å². The summed E-state index contributed by atoms with van der Waals surface area (Å²) in [7, 11) is 0. The maximum absolute atomic E-state index is 12.5. The predicted molar refractivity (Wildman–Crippen MR) is 103 cm³/mol. The minimum absolute atomic E-state index is 0.00997. The van der Waals surface area contributed by atoms with E-state index in [9.17, 15) is 24.0 Å². The summed E-state index contributed by atoms with van der Waals surface area (Å²) >= 11 is 3.88. The number of hydrogen-bond acceptors (Lipinski definition) is 8. The number of carbonyl (C=O) groups excluding carboxylic acids is 4. The van der Waals surface area contributed by atoms with Crippen LogP contribution in [0.3, 0.4) is 0 Å². The normalized spacial score (nSPS) is 13.7. The highest BCUT2D eigenvalue weighted by molar-refractivity contribution is 7.80. The number of carboxylic acids is 1. The standard InChI is InChI=1S/C15H28N6O6S/c16-4-2-1-3-9(14(26)19-6-12(23)24)20-15(27)10(5-11(18)22)21-13(25)8(17)7-28/h8-10,28H,1-7,16-17H2,(H2,18,22)(H,19,26)(H,20,27)(H,21,25)(H,23,24). The Morgan fingerprint density at radius 1 is 0.964 bits per heavy atom. The lowest BCUT2D eigenvalue weighted by Gasteiger charge is -2.23. The van der Waals surface area contributed by atoms with E-state index in [1.807, 2.05) is 0 Å². The number of hydrogen-bond donors (Lipinski definition) is 8. The van der Waals surface area contributed by atoms with Crippen LogP contribution in [0.15, 0.2) is 0 Å². The molecule has 0 saturated heterocycles. The van der Waals surface area contributed by atoms with Gasteiger partial charge in [-0.2, -0.15) is 12.6 Å². The zero-order valence-electron chi connectivity index (χ0n) is 15.3. The van der Waals surface area contributed by atoms with Gasteiger partial charge in [-0.1, -0.05) is 0 Å². The Bertz CT molecular complexity index is 575. The number of primary amides is 1. The quantitative estimate of drug-likeness (QED) is 0.103. The van der Waals surface area contributed by atoms with Crippen molar-refractivity contribution in [2.75, 3.05) is 18.8 Å². The van der Waals surface area contributed by atoms with E-state index in [4.69, 9.17) is 22.3 Å². The fourth-order valence-corrected chi connectivity index (χ4v) is 2.26. The van der Waals surface area contributed by atoms with E-state index >= 15 is 0 Å². The molecule has 0 fully saturated rings. The maximum atomic E-state index is 12.5. The molecule has 3 unspecified atom stereocenters. The van der Waals surface area contributed by atoms with Gasteiger partial charge in [0.2, 0.25) is 23.6 Å². The molecule has 0 aromatic heterocycles. The van der Waals surface area contributed by atoms with E-state index < -0.39 is 60.7 Å². The number of thiol groups is 1. The summed E-state index contributed by atoms with van der Waals surface area (Å²) < 4.78 is 0. The number of unbranched alkanes of at least 4 members (excludes halogenated alkanes) is 1.